The summed E-state index contributed by atoms with van der Waals surface area (Å²) in [4.78, 5) is 14.5. The summed E-state index contributed by atoms with van der Waals surface area (Å²) < 4.78 is 6.31. The SMILES string of the molecule is COc1ncn(C)c1C(N)=O. The lowest BCUT2D eigenvalue weighted by Gasteiger charge is -1.98. The van der Waals surface area contributed by atoms with Crippen molar-refractivity contribution in [2.75, 3.05) is 7.11 Å². The molecule has 2 N–H and O–H groups in total. The van der Waals surface area contributed by atoms with Gasteiger partial charge in [-0.2, -0.15) is 0 Å². The second-order valence-electron chi connectivity index (χ2n) is 2.08. The summed E-state index contributed by atoms with van der Waals surface area (Å²) in [6, 6.07) is 0. The Morgan fingerprint density at radius 1 is 1.82 bits per heavy atom. The van der Waals surface area contributed by atoms with Crippen molar-refractivity contribution in [3.63, 3.8) is 0 Å². The van der Waals surface area contributed by atoms with Crippen LogP contribution in [0.1, 0.15) is 10.5 Å². The van der Waals surface area contributed by atoms with Gasteiger partial charge in [-0.1, -0.05) is 0 Å². The number of aromatic nitrogens is 2. The van der Waals surface area contributed by atoms with Crippen molar-refractivity contribution in [2.45, 2.75) is 0 Å². The Balaban J connectivity index is 3.17. The Morgan fingerprint density at radius 3 is 2.82 bits per heavy atom. The number of imidazole rings is 1. The van der Waals surface area contributed by atoms with E-state index in [0.717, 1.165) is 0 Å². The molecule has 0 radical (unpaired) electrons. The molecular formula is C6H9N3O2. The number of methoxy groups -OCH3 is 1. The predicted octanol–water partition coefficient (Wildman–Crippen LogP) is -0.472. The molecule has 60 valence electrons. The fourth-order valence-corrected chi connectivity index (χ4v) is 0.837. The van der Waals surface area contributed by atoms with E-state index in [-0.39, 0.29) is 11.6 Å². The van der Waals surface area contributed by atoms with E-state index in [1.165, 1.54) is 18.0 Å². The second-order valence-corrected chi connectivity index (χ2v) is 2.08. The summed E-state index contributed by atoms with van der Waals surface area (Å²) in [5, 5.41) is 0. The highest BCUT2D eigenvalue weighted by Crippen LogP contribution is 2.12. The molecule has 0 aromatic carbocycles. The highest BCUT2D eigenvalue weighted by molar-refractivity contribution is 5.93. The number of nitrogens with zero attached hydrogens (tertiary/aromatic N) is 2. The summed E-state index contributed by atoms with van der Waals surface area (Å²) in [5.74, 6) is -0.276. The van der Waals surface area contributed by atoms with Crippen LogP contribution in [0.2, 0.25) is 0 Å². The highest BCUT2D eigenvalue weighted by atomic mass is 16.5. The third-order valence-corrected chi connectivity index (χ3v) is 1.33. The van der Waals surface area contributed by atoms with Gasteiger partial charge in [0, 0.05) is 7.05 Å². The minimum absolute atomic E-state index is 0.264. The molecule has 11 heavy (non-hydrogen) atoms. The molecule has 1 aromatic rings. The average molecular weight is 155 g/mol. The van der Waals surface area contributed by atoms with Crippen molar-refractivity contribution in [1.82, 2.24) is 9.55 Å². The molecule has 0 atom stereocenters. The van der Waals surface area contributed by atoms with Gasteiger partial charge < -0.3 is 15.0 Å². The molecule has 0 aliphatic heterocycles. The summed E-state index contributed by atoms with van der Waals surface area (Å²) in [5.41, 5.74) is 5.34. The summed E-state index contributed by atoms with van der Waals surface area (Å²) in [6.45, 7) is 0. The average Bonchev–Trinajstić information content (AvgIpc) is 2.30. The van der Waals surface area contributed by atoms with Crippen LogP contribution in [0.25, 0.3) is 0 Å². The molecule has 0 fully saturated rings. The molecule has 0 spiro atoms. The van der Waals surface area contributed by atoms with Gasteiger partial charge in [-0.15, -0.1) is 0 Å². The first kappa shape index (κ1) is 7.59. The van der Waals surface area contributed by atoms with E-state index in [0.29, 0.717) is 0 Å². The predicted molar refractivity (Wildman–Crippen MR) is 38.3 cm³/mol. The number of hydrogen-bond acceptors (Lipinski definition) is 3. The van der Waals surface area contributed by atoms with Crippen molar-refractivity contribution in [1.29, 1.82) is 0 Å². The number of rotatable bonds is 2. The van der Waals surface area contributed by atoms with Gasteiger partial charge in [0.15, 0.2) is 5.69 Å². The van der Waals surface area contributed by atoms with Crippen molar-refractivity contribution in [3.05, 3.63) is 12.0 Å². The summed E-state index contributed by atoms with van der Waals surface area (Å²) in [6.07, 6.45) is 1.47. The topological polar surface area (TPSA) is 70.1 Å². The van der Waals surface area contributed by atoms with Crippen LogP contribution in [0.15, 0.2) is 6.33 Å². The zero-order chi connectivity index (χ0) is 8.43. The quantitative estimate of drug-likeness (QED) is 0.627. The van der Waals surface area contributed by atoms with Crippen molar-refractivity contribution in [2.24, 2.45) is 12.8 Å². The van der Waals surface area contributed by atoms with Gasteiger partial charge in [-0.3, -0.25) is 4.79 Å². The maximum atomic E-state index is 10.7. The Morgan fingerprint density at radius 2 is 2.45 bits per heavy atom. The largest absolute Gasteiger partial charge is 0.479 e. The van der Waals surface area contributed by atoms with E-state index in [2.05, 4.69) is 4.98 Å². The Bertz CT molecular complexity index is 279. The Kier molecular flexibility index (Phi) is 1.80. The van der Waals surface area contributed by atoms with Gasteiger partial charge in [0.1, 0.15) is 0 Å². The molecule has 0 unspecified atom stereocenters. The van der Waals surface area contributed by atoms with E-state index in [4.69, 9.17) is 10.5 Å². The highest BCUT2D eigenvalue weighted by Gasteiger charge is 2.13. The number of amides is 1. The number of primary amides is 1. The van der Waals surface area contributed by atoms with Crippen molar-refractivity contribution >= 4 is 5.91 Å². The van der Waals surface area contributed by atoms with E-state index in [1.54, 1.807) is 7.05 Å². The van der Waals surface area contributed by atoms with Gasteiger partial charge in [-0.25, -0.2) is 4.98 Å². The molecule has 1 amide bonds. The zero-order valence-corrected chi connectivity index (χ0v) is 6.37. The minimum atomic E-state index is -0.540. The number of nitrogens with two attached hydrogens (primary N) is 1. The normalized spacial score (nSPS) is 9.64. The van der Waals surface area contributed by atoms with Gasteiger partial charge in [0.2, 0.25) is 5.88 Å². The molecule has 0 bridgehead atoms. The van der Waals surface area contributed by atoms with Crippen LogP contribution >= 0.6 is 0 Å². The van der Waals surface area contributed by atoms with Gasteiger partial charge in [-0.05, 0) is 0 Å². The molecule has 0 aliphatic rings. The van der Waals surface area contributed by atoms with Gasteiger partial charge in [0.25, 0.3) is 5.91 Å². The number of aryl methyl sites for hydroxylation is 1. The number of hydrogen-bond donors (Lipinski definition) is 1. The molecule has 1 rings (SSSR count). The van der Waals surface area contributed by atoms with E-state index >= 15 is 0 Å². The lowest BCUT2D eigenvalue weighted by Crippen LogP contribution is -2.15. The minimum Gasteiger partial charge on any atom is -0.479 e. The number of carbonyl (C=O) groups is 1. The Hall–Kier alpha value is -1.52. The first-order chi connectivity index (χ1) is 5.16. The molecule has 0 aliphatic carbocycles. The first-order valence-electron chi connectivity index (χ1n) is 3.02. The number of ether oxygens (including phenoxy) is 1. The third kappa shape index (κ3) is 1.17. The van der Waals surface area contributed by atoms with E-state index in [1.807, 2.05) is 0 Å². The van der Waals surface area contributed by atoms with Crippen LogP contribution in [0.5, 0.6) is 5.88 Å². The van der Waals surface area contributed by atoms with Gasteiger partial charge >= 0.3 is 0 Å². The second kappa shape index (κ2) is 2.61. The van der Waals surface area contributed by atoms with E-state index < -0.39 is 5.91 Å². The smallest absolute Gasteiger partial charge is 0.271 e. The van der Waals surface area contributed by atoms with Crippen molar-refractivity contribution < 1.29 is 9.53 Å². The lowest BCUT2D eigenvalue weighted by molar-refractivity contribution is 0.0989. The van der Waals surface area contributed by atoms with Crippen LogP contribution in [0, 0.1) is 0 Å². The van der Waals surface area contributed by atoms with E-state index in [9.17, 15) is 4.79 Å². The van der Waals surface area contributed by atoms with Crippen LogP contribution in [-0.4, -0.2) is 22.6 Å². The standard InChI is InChI=1S/C6H9N3O2/c1-9-3-8-6(11-2)4(9)5(7)10/h3H,1-2H3,(H2,7,10). The summed E-state index contributed by atoms with van der Waals surface area (Å²) in [7, 11) is 3.12. The molecular weight excluding hydrogens is 146 g/mol. The molecule has 5 heteroatoms. The fourth-order valence-electron chi connectivity index (χ4n) is 0.837. The zero-order valence-electron chi connectivity index (χ0n) is 6.37. The van der Waals surface area contributed by atoms with Crippen LogP contribution in [0.3, 0.4) is 0 Å². The molecule has 0 saturated carbocycles. The molecule has 1 aromatic heterocycles. The maximum Gasteiger partial charge on any atom is 0.271 e. The fraction of sp³-hybridized carbons (Fsp3) is 0.333. The van der Waals surface area contributed by atoms with Crippen LogP contribution < -0.4 is 10.5 Å². The monoisotopic (exact) mass is 155 g/mol. The first-order valence-corrected chi connectivity index (χ1v) is 3.02. The number of carbonyl (C=O) groups excluding carboxylic acids is 1. The third-order valence-electron chi connectivity index (χ3n) is 1.33. The summed E-state index contributed by atoms with van der Waals surface area (Å²) >= 11 is 0. The lowest BCUT2D eigenvalue weighted by atomic mass is 10.4. The molecule has 0 saturated heterocycles. The van der Waals surface area contributed by atoms with Gasteiger partial charge in [0.05, 0.1) is 13.4 Å². The molecule has 1 heterocycles. The maximum absolute atomic E-state index is 10.7. The van der Waals surface area contributed by atoms with Crippen LogP contribution in [0.4, 0.5) is 0 Å². The Labute approximate surface area is 63.8 Å². The van der Waals surface area contributed by atoms with Crippen molar-refractivity contribution in [3.8, 4) is 5.88 Å². The molecule has 5 nitrogen and oxygen atoms in total. The van der Waals surface area contributed by atoms with Crippen LogP contribution in [-0.2, 0) is 7.05 Å².